The summed E-state index contributed by atoms with van der Waals surface area (Å²) in [4.78, 5) is 42.3. The van der Waals surface area contributed by atoms with Gasteiger partial charge in [-0.1, -0.05) is 48.0 Å². The van der Waals surface area contributed by atoms with Crippen LogP contribution in [0.15, 0.2) is 54.6 Å². The van der Waals surface area contributed by atoms with E-state index in [1.165, 1.54) is 0 Å². The van der Waals surface area contributed by atoms with Gasteiger partial charge in [0, 0.05) is 17.7 Å². The van der Waals surface area contributed by atoms with Crippen LogP contribution in [0, 0.1) is 0 Å². The predicted octanol–water partition coefficient (Wildman–Crippen LogP) is 2.76. The van der Waals surface area contributed by atoms with Gasteiger partial charge in [-0.15, -0.1) is 0 Å². The maximum atomic E-state index is 12.2. The number of fused-ring (bicyclic) bond motifs is 2. The van der Waals surface area contributed by atoms with Gasteiger partial charge in [0.2, 0.25) is 0 Å². The number of carbonyl (C=O) groups excluding carboxylic acids is 1. The fourth-order valence-corrected chi connectivity index (χ4v) is 5.56. The second-order valence-electron chi connectivity index (χ2n) is 9.85. The smallest absolute Gasteiger partial charge is 0.327 e. The van der Waals surface area contributed by atoms with Crippen molar-refractivity contribution in [1.82, 2.24) is 20.3 Å². The Labute approximate surface area is 238 Å². The van der Waals surface area contributed by atoms with Crippen molar-refractivity contribution in [2.75, 3.05) is 25.9 Å². The first-order valence-electron chi connectivity index (χ1n) is 12.8. The molecular formula is C27H26ClN4O8P. The zero-order valence-corrected chi connectivity index (χ0v) is 23.1. The lowest BCUT2D eigenvalue weighted by Crippen LogP contribution is -2.34. The number of hydrogen-bond donors (Lipinski definition) is 5. The summed E-state index contributed by atoms with van der Waals surface area (Å²) in [5.74, 6) is -0.408. The normalized spacial score (nSPS) is 22.1. The van der Waals surface area contributed by atoms with Gasteiger partial charge in [0.15, 0.2) is 11.8 Å². The van der Waals surface area contributed by atoms with Gasteiger partial charge >= 0.3 is 7.60 Å². The Morgan fingerprint density at radius 2 is 1.68 bits per heavy atom. The number of amides is 1. The van der Waals surface area contributed by atoms with Crippen LogP contribution in [0.4, 0.5) is 0 Å². The van der Waals surface area contributed by atoms with Crippen molar-refractivity contribution >= 4 is 36.3 Å². The summed E-state index contributed by atoms with van der Waals surface area (Å²) in [5, 5.41) is 12.9. The highest BCUT2D eigenvalue weighted by Crippen LogP contribution is 2.34. The topological polar surface area (TPSA) is 176 Å². The van der Waals surface area contributed by atoms with Crippen LogP contribution in [0.1, 0.15) is 10.4 Å². The summed E-state index contributed by atoms with van der Waals surface area (Å²) < 4.78 is 28.1. The fraction of sp³-hybridized carbons (Fsp3) is 0.296. The zero-order chi connectivity index (χ0) is 28.7. The summed E-state index contributed by atoms with van der Waals surface area (Å²) in [7, 11) is -4.17. The molecule has 2 aromatic heterocycles. The Morgan fingerprint density at radius 3 is 2.39 bits per heavy atom. The fourth-order valence-electron chi connectivity index (χ4n) is 4.89. The number of hydrogen-bond acceptors (Lipinski definition) is 8. The molecule has 1 amide bonds. The maximum Gasteiger partial charge on any atom is 0.327 e. The van der Waals surface area contributed by atoms with E-state index in [1.807, 2.05) is 24.3 Å². The number of aliphatic hydroxyl groups excluding tert-OH is 1. The van der Waals surface area contributed by atoms with Gasteiger partial charge in [-0.25, -0.2) is 4.98 Å². The molecule has 2 fully saturated rings. The molecule has 4 heterocycles. The number of H-pyrrole nitrogens is 1. The average molecular weight is 601 g/mol. The summed E-state index contributed by atoms with van der Waals surface area (Å²) in [6.45, 7) is 0.378. The monoisotopic (exact) mass is 600 g/mol. The number of imidazole rings is 1. The van der Waals surface area contributed by atoms with E-state index in [0.29, 0.717) is 27.4 Å². The third-order valence-corrected chi connectivity index (χ3v) is 8.07. The molecule has 2 aliphatic rings. The Hall–Kier alpha value is -3.35. The van der Waals surface area contributed by atoms with E-state index >= 15 is 0 Å². The molecule has 214 valence electrons. The number of carbonyl (C=O) groups is 1. The van der Waals surface area contributed by atoms with E-state index < -0.39 is 38.0 Å². The van der Waals surface area contributed by atoms with Crippen LogP contribution in [-0.2, 0) is 14.0 Å². The van der Waals surface area contributed by atoms with Crippen LogP contribution in [-0.4, -0.2) is 86.1 Å². The van der Waals surface area contributed by atoms with E-state index in [2.05, 4.69) is 20.3 Å². The van der Waals surface area contributed by atoms with Gasteiger partial charge in [0.1, 0.15) is 18.3 Å². The summed E-state index contributed by atoms with van der Waals surface area (Å²) in [5.41, 5.74) is 4.55. The van der Waals surface area contributed by atoms with Crippen molar-refractivity contribution < 1.29 is 38.5 Å². The van der Waals surface area contributed by atoms with Gasteiger partial charge in [-0.05, 0) is 29.3 Å². The largest absolute Gasteiger partial charge is 0.456 e. The minimum Gasteiger partial charge on any atom is -0.456 e. The van der Waals surface area contributed by atoms with Crippen molar-refractivity contribution in [3.05, 3.63) is 65.2 Å². The van der Waals surface area contributed by atoms with Crippen molar-refractivity contribution in [2.45, 2.75) is 24.4 Å². The van der Waals surface area contributed by atoms with Crippen molar-refractivity contribution in [2.24, 2.45) is 0 Å². The van der Waals surface area contributed by atoms with Gasteiger partial charge in [-0.2, -0.15) is 4.98 Å². The maximum absolute atomic E-state index is 12.2. The highest BCUT2D eigenvalue weighted by atomic mass is 35.5. The predicted molar refractivity (Wildman–Crippen MR) is 149 cm³/mol. The third-order valence-electron chi connectivity index (χ3n) is 6.98. The molecule has 14 heteroatoms. The average Bonchev–Trinajstić information content (AvgIpc) is 3.64. The lowest BCUT2D eigenvalue weighted by Gasteiger charge is -2.15. The molecule has 12 nitrogen and oxygen atoms in total. The minimum atomic E-state index is -4.17. The molecule has 4 atom stereocenters. The molecule has 2 aliphatic heterocycles. The Bertz CT molecular complexity index is 1630. The standard InChI is InChI=1S/C27H26ClN4O8P/c28-18-11-19-25(32-27(30-19)40-21-13-39-23-20(33)12-38-24(21)23)31-22(18)16-5-1-14(2-6-16)15-3-7-17(8-4-15)26(34)29-9-10-41(35,36)37/h1-8,11,20-21,23-24,33H,9-10,12-13H2,(H,29,34)(H,30,31,32)(H2,35,36,37)/t20-,21-,23-,24-/m1/s1. The number of nitrogens with one attached hydrogen (secondary N) is 2. The SMILES string of the molecule is O=C(NCCP(=O)(O)O)c1ccc(-c2ccc(-c3nc4nc(O[C@@H]5CO[C@H]6[C@@H]5OC[C@H]6O)[nH]c4cc3Cl)cc2)cc1. The van der Waals surface area contributed by atoms with E-state index in [9.17, 15) is 14.5 Å². The molecule has 6 rings (SSSR count). The molecule has 0 radical (unpaired) electrons. The Kier molecular flexibility index (Phi) is 7.56. The van der Waals surface area contributed by atoms with Gasteiger partial charge in [-0.3, -0.25) is 9.36 Å². The molecule has 0 aliphatic carbocycles. The van der Waals surface area contributed by atoms with Crippen LogP contribution >= 0.6 is 19.2 Å². The Balaban J connectivity index is 1.14. The number of aromatic nitrogens is 3. The number of halogens is 1. The molecule has 0 spiro atoms. The second-order valence-corrected chi connectivity index (χ2v) is 12.0. The molecule has 4 aromatic rings. The third kappa shape index (κ3) is 6.00. The second kappa shape index (κ2) is 11.1. The highest BCUT2D eigenvalue weighted by molar-refractivity contribution is 7.51. The molecule has 2 saturated heterocycles. The lowest BCUT2D eigenvalue weighted by molar-refractivity contribution is 0.00706. The summed E-state index contributed by atoms with van der Waals surface area (Å²) in [6.07, 6.45) is -2.26. The molecule has 0 bridgehead atoms. The molecular weight excluding hydrogens is 575 g/mol. The number of rotatable bonds is 8. The van der Waals surface area contributed by atoms with Crippen LogP contribution in [0.3, 0.4) is 0 Å². The number of pyridine rings is 1. The number of aliphatic hydroxyl groups is 1. The number of nitrogens with zero attached hydrogens (tertiary/aromatic N) is 2. The Morgan fingerprint density at radius 1 is 1.02 bits per heavy atom. The summed E-state index contributed by atoms with van der Waals surface area (Å²) in [6, 6.07) is 16.5. The van der Waals surface area contributed by atoms with E-state index in [0.717, 1.165) is 16.7 Å². The quantitative estimate of drug-likeness (QED) is 0.189. The van der Waals surface area contributed by atoms with E-state index in [-0.39, 0.29) is 31.9 Å². The molecule has 41 heavy (non-hydrogen) atoms. The first-order valence-corrected chi connectivity index (χ1v) is 15.0. The summed E-state index contributed by atoms with van der Waals surface area (Å²) >= 11 is 6.57. The molecule has 0 saturated carbocycles. The van der Waals surface area contributed by atoms with Crippen molar-refractivity contribution in [3.63, 3.8) is 0 Å². The van der Waals surface area contributed by atoms with Gasteiger partial charge < -0.3 is 39.4 Å². The molecule has 0 unspecified atom stereocenters. The number of aromatic amines is 1. The van der Waals surface area contributed by atoms with Crippen molar-refractivity contribution in [1.29, 1.82) is 0 Å². The van der Waals surface area contributed by atoms with Crippen LogP contribution in [0.2, 0.25) is 5.02 Å². The van der Waals surface area contributed by atoms with Crippen molar-refractivity contribution in [3.8, 4) is 28.4 Å². The van der Waals surface area contributed by atoms with Gasteiger partial charge in [0.25, 0.3) is 11.9 Å². The lowest BCUT2D eigenvalue weighted by atomic mass is 10.0. The zero-order valence-electron chi connectivity index (χ0n) is 21.4. The molecule has 2 aromatic carbocycles. The number of benzene rings is 2. The first-order chi connectivity index (χ1) is 19.6. The van der Waals surface area contributed by atoms with Gasteiger partial charge in [0.05, 0.1) is 35.6 Å². The first kappa shape index (κ1) is 27.8. The van der Waals surface area contributed by atoms with E-state index in [1.54, 1.807) is 30.3 Å². The van der Waals surface area contributed by atoms with Crippen LogP contribution < -0.4 is 10.1 Å². The number of ether oxygens (including phenoxy) is 3. The minimum absolute atomic E-state index is 0.113. The van der Waals surface area contributed by atoms with E-state index in [4.69, 9.17) is 35.6 Å². The van der Waals surface area contributed by atoms with Crippen LogP contribution in [0.25, 0.3) is 33.5 Å². The highest BCUT2D eigenvalue weighted by Gasteiger charge is 2.48. The van der Waals surface area contributed by atoms with Crippen LogP contribution in [0.5, 0.6) is 6.01 Å². The molecule has 5 N–H and O–H groups in total.